The fourth-order valence-electron chi connectivity index (χ4n) is 1.77. The summed E-state index contributed by atoms with van der Waals surface area (Å²) in [4.78, 5) is 11.7. The second-order valence-corrected chi connectivity index (χ2v) is 4.61. The van der Waals surface area contributed by atoms with Gasteiger partial charge in [-0.05, 0) is 18.4 Å². The molecule has 2 atom stereocenters. The van der Waals surface area contributed by atoms with Crippen molar-refractivity contribution < 1.29 is 9.90 Å². The van der Waals surface area contributed by atoms with E-state index in [9.17, 15) is 9.90 Å². The van der Waals surface area contributed by atoms with E-state index in [4.69, 9.17) is 0 Å². The molecule has 1 amide bonds. The van der Waals surface area contributed by atoms with E-state index in [2.05, 4.69) is 17.3 Å². The van der Waals surface area contributed by atoms with Gasteiger partial charge in [0.1, 0.15) is 0 Å². The molecule has 1 heterocycles. The quantitative estimate of drug-likeness (QED) is 0.731. The van der Waals surface area contributed by atoms with Gasteiger partial charge < -0.3 is 10.4 Å². The minimum Gasteiger partial charge on any atom is -0.394 e. The minimum absolute atomic E-state index is 0.0000965. The molecule has 0 aliphatic heterocycles. The fourth-order valence-corrected chi connectivity index (χ4v) is 1.77. The topological polar surface area (TPSA) is 67.2 Å². The Kier molecular flexibility index (Phi) is 6.43. The third-order valence-electron chi connectivity index (χ3n) is 3.22. The maximum atomic E-state index is 11.7. The average Bonchev–Trinajstić information content (AvgIpc) is 2.88. The van der Waals surface area contributed by atoms with Crippen LogP contribution in [0, 0.1) is 5.92 Å². The van der Waals surface area contributed by atoms with Crippen LogP contribution in [0.3, 0.4) is 0 Å². The van der Waals surface area contributed by atoms with E-state index in [1.807, 2.05) is 23.9 Å². The van der Waals surface area contributed by atoms with Crippen LogP contribution in [0.2, 0.25) is 0 Å². The maximum Gasteiger partial charge on any atom is 0.220 e. The number of nitrogens with zero attached hydrogens (tertiary/aromatic N) is 2. The summed E-state index contributed by atoms with van der Waals surface area (Å²) < 4.78 is 1.81. The number of amides is 1. The van der Waals surface area contributed by atoms with Gasteiger partial charge in [0.15, 0.2) is 0 Å². The first kappa shape index (κ1) is 14.7. The van der Waals surface area contributed by atoms with Crippen molar-refractivity contribution in [2.24, 2.45) is 5.92 Å². The summed E-state index contributed by atoms with van der Waals surface area (Å²) in [6.45, 7) is 4.83. The number of carbonyl (C=O) groups excluding carboxylic acids is 1. The molecule has 1 aromatic heterocycles. The lowest BCUT2D eigenvalue weighted by Gasteiger charge is -2.22. The zero-order valence-electron chi connectivity index (χ0n) is 11.2. The largest absolute Gasteiger partial charge is 0.394 e. The number of aromatic nitrogens is 2. The highest BCUT2D eigenvalue weighted by molar-refractivity contribution is 5.76. The van der Waals surface area contributed by atoms with Crippen molar-refractivity contribution in [1.82, 2.24) is 15.1 Å². The molecule has 0 unspecified atom stereocenters. The van der Waals surface area contributed by atoms with Gasteiger partial charge in [-0.3, -0.25) is 9.48 Å². The smallest absolute Gasteiger partial charge is 0.220 e. The molecule has 102 valence electrons. The van der Waals surface area contributed by atoms with E-state index in [-0.39, 0.29) is 18.6 Å². The number of hydrogen-bond donors (Lipinski definition) is 2. The lowest BCUT2D eigenvalue weighted by molar-refractivity contribution is -0.122. The lowest BCUT2D eigenvalue weighted by Crippen LogP contribution is -2.41. The molecule has 0 saturated carbocycles. The molecule has 0 spiro atoms. The van der Waals surface area contributed by atoms with Crippen molar-refractivity contribution in [1.29, 1.82) is 0 Å². The van der Waals surface area contributed by atoms with E-state index in [1.54, 1.807) is 6.20 Å². The van der Waals surface area contributed by atoms with E-state index in [0.717, 1.165) is 19.4 Å². The Morgan fingerprint density at radius 1 is 1.56 bits per heavy atom. The molecule has 0 fully saturated rings. The Labute approximate surface area is 108 Å². The summed E-state index contributed by atoms with van der Waals surface area (Å²) in [6, 6.07) is 1.73. The van der Waals surface area contributed by atoms with Crippen molar-refractivity contribution >= 4 is 5.91 Å². The molecule has 1 aromatic rings. The van der Waals surface area contributed by atoms with Gasteiger partial charge in [0.2, 0.25) is 5.91 Å². The van der Waals surface area contributed by atoms with Crippen molar-refractivity contribution in [3.05, 3.63) is 18.5 Å². The number of aliphatic hydroxyl groups excluding tert-OH is 1. The van der Waals surface area contributed by atoms with E-state index in [1.165, 1.54) is 0 Å². The Hall–Kier alpha value is -1.36. The number of nitrogens with one attached hydrogen (secondary N) is 1. The fraction of sp³-hybridized carbons (Fsp3) is 0.692. The first-order valence-electron chi connectivity index (χ1n) is 6.55. The second-order valence-electron chi connectivity index (χ2n) is 4.61. The predicted molar refractivity (Wildman–Crippen MR) is 69.9 cm³/mol. The van der Waals surface area contributed by atoms with Gasteiger partial charge in [0, 0.05) is 25.4 Å². The third kappa shape index (κ3) is 4.87. The lowest BCUT2D eigenvalue weighted by atomic mass is 10.00. The number of carbonyl (C=O) groups is 1. The van der Waals surface area contributed by atoms with Crippen LogP contribution >= 0.6 is 0 Å². The first-order chi connectivity index (χ1) is 8.67. The molecule has 0 aromatic carbocycles. The van der Waals surface area contributed by atoms with Crippen LogP contribution in [-0.4, -0.2) is 33.4 Å². The zero-order valence-corrected chi connectivity index (χ0v) is 11.2. The van der Waals surface area contributed by atoms with E-state index < -0.39 is 0 Å². The van der Waals surface area contributed by atoms with Crippen molar-refractivity contribution in [3.63, 3.8) is 0 Å². The van der Waals surface area contributed by atoms with Gasteiger partial charge in [-0.2, -0.15) is 5.10 Å². The van der Waals surface area contributed by atoms with Crippen LogP contribution in [0.25, 0.3) is 0 Å². The van der Waals surface area contributed by atoms with Crippen molar-refractivity contribution in [2.45, 2.75) is 45.7 Å². The molecular formula is C13H23N3O2. The molecule has 0 aliphatic carbocycles. The summed E-state index contributed by atoms with van der Waals surface area (Å²) >= 11 is 0. The van der Waals surface area contributed by atoms with Gasteiger partial charge >= 0.3 is 0 Å². The van der Waals surface area contributed by atoms with Gasteiger partial charge in [-0.15, -0.1) is 0 Å². The van der Waals surface area contributed by atoms with Crippen LogP contribution < -0.4 is 5.32 Å². The highest BCUT2D eigenvalue weighted by Gasteiger charge is 2.16. The third-order valence-corrected chi connectivity index (χ3v) is 3.22. The van der Waals surface area contributed by atoms with Crippen LogP contribution in [0.15, 0.2) is 18.5 Å². The Morgan fingerprint density at radius 2 is 2.33 bits per heavy atom. The van der Waals surface area contributed by atoms with Crippen LogP contribution in [0.5, 0.6) is 0 Å². The standard InChI is InChI=1S/C13H23N3O2/c1-3-11(2)12(10-17)15-13(18)6-4-8-16-9-5-7-14-16/h5,7,9,11-12,17H,3-4,6,8,10H2,1-2H3,(H,15,18)/t11-,12-/m1/s1. The maximum absolute atomic E-state index is 11.7. The molecule has 0 aliphatic rings. The molecule has 18 heavy (non-hydrogen) atoms. The monoisotopic (exact) mass is 253 g/mol. The van der Waals surface area contributed by atoms with E-state index in [0.29, 0.717) is 12.3 Å². The van der Waals surface area contributed by atoms with Gasteiger partial charge in [-0.25, -0.2) is 0 Å². The van der Waals surface area contributed by atoms with Crippen LogP contribution in [-0.2, 0) is 11.3 Å². The predicted octanol–water partition coefficient (Wildman–Crippen LogP) is 1.19. The van der Waals surface area contributed by atoms with Crippen molar-refractivity contribution in [3.8, 4) is 0 Å². The second kappa shape index (κ2) is 7.87. The van der Waals surface area contributed by atoms with Gasteiger partial charge in [0.05, 0.1) is 12.6 Å². The molecule has 0 saturated heterocycles. The van der Waals surface area contributed by atoms with Crippen LogP contribution in [0.4, 0.5) is 0 Å². The number of rotatable bonds is 8. The SMILES string of the molecule is CC[C@@H](C)[C@@H](CO)NC(=O)CCCn1cccn1. The summed E-state index contributed by atoms with van der Waals surface area (Å²) in [5, 5.41) is 16.2. The molecule has 5 nitrogen and oxygen atoms in total. The summed E-state index contributed by atoms with van der Waals surface area (Å²) in [5.41, 5.74) is 0. The first-order valence-corrected chi connectivity index (χ1v) is 6.55. The molecule has 0 radical (unpaired) electrons. The number of aryl methyl sites for hydroxylation is 1. The summed E-state index contributed by atoms with van der Waals surface area (Å²) in [5.74, 6) is 0.298. The molecule has 1 rings (SSSR count). The Morgan fingerprint density at radius 3 is 2.89 bits per heavy atom. The number of hydrogen-bond acceptors (Lipinski definition) is 3. The highest BCUT2D eigenvalue weighted by Crippen LogP contribution is 2.07. The average molecular weight is 253 g/mol. The van der Waals surface area contributed by atoms with Crippen molar-refractivity contribution in [2.75, 3.05) is 6.61 Å². The normalized spacial score (nSPS) is 14.2. The summed E-state index contributed by atoms with van der Waals surface area (Å²) in [6.07, 6.45) is 5.77. The highest BCUT2D eigenvalue weighted by atomic mass is 16.3. The molecular weight excluding hydrogens is 230 g/mol. The van der Waals surface area contributed by atoms with E-state index >= 15 is 0 Å². The Balaban J connectivity index is 2.23. The Bertz CT molecular complexity index is 338. The van der Waals surface area contributed by atoms with Gasteiger partial charge in [0.25, 0.3) is 0 Å². The molecule has 0 bridgehead atoms. The minimum atomic E-state index is -0.132. The molecule has 5 heteroatoms. The van der Waals surface area contributed by atoms with Crippen LogP contribution in [0.1, 0.15) is 33.1 Å². The number of aliphatic hydroxyl groups is 1. The molecule has 2 N–H and O–H groups in total. The summed E-state index contributed by atoms with van der Waals surface area (Å²) in [7, 11) is 0. The zero-order chi connectivity index (χ0) is 13.4. The van der Waals surface area contributed by atoms with Gasteiger partial charge in [-0.1, -0.05) is 20.3 Å².